The van der Waals surface area contributed by atoms with Crippen molar-refractivity contribution in [3.05, 3.63) is 60.3 Å². The van der Waals surface area contributed by atoms with Crippen LogP contribution in [0.25, 0.3) is 11.0 Å². The molecule has 4 rings (SSSR count). The second kappa shape index (κ2) is 8.15. The molecule has 0 bridgehead atoms. The van der Waals surface area contributed by atoms with Crippen molar-refractivity contribution in [2.75, 3.05) is 43.1 Å². The average molecular weight is 387 g/mol. The number of carbonyl (C=O) groups excluding carboxylic acids is 1. The molecule has 0 amide bonds. The maximum absolute atomic E-state index is 12.2. The zero-order valence-electron chi connectivity index (χ0n) is 16.2. The van der Waals surface area contributed by atoms with Gasteiger partial charge in [-0.25, -0.2) is 9.97 Å². The molecule has 1 atom stereocenters. The molecule has 1 aliphatic heterocycles. The summed E-state index contributed by atoms with van der Waals surface area (Å²) < 4.78 is 4.83. The quantitative estimate of drug-likeness (QED) is 0.637. The van der Waals surface area contributed by atoms with Crippen molar-refractivity contribution >= 4 is 28.5 Å². The number of esters is 1. The fraction of sp³-hybridized carbons (Fsp3) is 0.273. The van der Waals surface area contributed by atoms with Gasteiger partial charge in [-0.2, -0.15) is 5.26 Å². The third-order valence-corrected chi connectivity index (χ3v) is 5.12. The number of rotatable bonds is 4. The highest BCUT2D eigenvalue weighted by atomic mass is 16.5. The summed E-state index contributed by atoms with van der Waals surface area (Å²) in [6.45, 7) is 3.06. The van der Waals surface area contributed by atoms with Crippen molar-refractivity contribution in [1.29, 1.82) is 5.26 Å². The molecule has 0 aliphatic carbocycles. The molecule has 3 aromatic rings. The molecule has 29 heavy (non-hydrogen) atoms. The second-order valence-corrected chi connectivity index (χ2v) is 6.82. The number of nitriles is 1. The Morgan fingerprint density at radius 3 is 2.17 bits per heavy atom. The predicted molar refractivity (Wildman–Crippen MR) is 111 cm³/mol. The molecular formula is C22H21N5O2. The molecule has 1 fully saturated rings. The number of methoxy groups -OCH3 is 1. The first-order valence-electron chi connectivity index (χ1n) is 9.50. The highest BCUT2D eigenvalue weighted by Gasteiger charge is 2.30. The van der Waals surface area contributed by atoms with Crippen molar-refractivity contribution in [2.45, 2.75) is 5.92 Å². The van der Waals surface area contributed by atoms with E-state index in [0.717, 1.165) is 18.6 Å². The van der Waals surface area contributed by atoms with Crippen molar-refractivity contribution in [3.63, 3.8) is 0 Å². The van der Waals surface area contributed by atoms with Crippen LogP contribution in [0.5, 0.6) is 0 Å². The third-order valence-electron chi connectivity index (χ3n) is 5.12. The molecule has 0 N–H and O–H groups in total. The highest BCUT2D eigenvalue weighted by Crippen LogP contribution is 2.29. The van der Waals surface area contributed by atoms with Gasteiger partial charge in [0.05, 0.1) is 24.2 Å². The van der Waals surface area contributed by atoms with Crippen LogP contribution in [-0.4, -0.2) is 49.2 Å². The molecule has 7 nitrogen and oxygen atoms in total. The van der Waals surface area contributed by atoms with E-state index in [4.69, 9.17) is 9.72 Å². The molecule has 2 heterocycles. The lowest BCUT2D eigenvalue weighted by atomic mass is 10.1. The number of para-hydroxylation sites is 3. The highest BCUT2D eigenvalue weighted by molar-refractivity contribution is 5.85. The summed E-state index contributed by atoms with van der Waals surface area (Å²) in [5.41, 5.74) is 2.92. The summed E-state index contributed by atoms with van der Waals surface area (Å²) in [5.74, 6) is -1.16. The van der Waals surface area contributed by atoms with Crippen LogP contribution in [0.2, 0.25) is 0 Å². The SMILES string of the molecule is COC(=O)[C@@H](C#N)c1nc2ccccc2nc1N1CCN(c2ccccc2)CC1. The summed E-state index contributed by atoms with van der Waals surface area (Å²) >= 11 is 0. The predicted octanol–water partition coefficient (Wildman–Crippen LogP) is 2.74. The van der Waals surface area contributed by atoms with Gasteiger partial charge in [-0.05, 0) is 24.3 Å². The number of nitrogens with zero attached hydrogens (tertiary/aromatic N) is 5. The molecule has 146 valence electrons. The number of piperazine rings is 1. The van der Waals surface area contributed by atoms with Crippen molar-refractivity contribution in [2.24, 2.45) is 0 Å². The number of fused-ring (bicyclic) bond motifs is 1. The number of hydrogen-bond acceptors (Lipinski definition) is 7. The van der Waals surface area contributed by atoms with E-state index in [0.29, 0.717) is 30.1 Å². The Bertz CT molecular complexity index is 1060. The van der Waals surface area contributed by atoms with Gasteiger partial charge >= 0.3 is 5.97 Å². The minimum atomic E-state index is -1.11. The monoisotopic (exact) mass is 387 g/mol. The smallest absolute Gasteiger partial charge is 0.329 e. The fourth-order valence-electron chi connectivity index (χ4n) is 3.59. The van der Waals surface area contributed by atoms with E-state index in [1.54, 1.807) is 0 Å². The molecule has 0 unspecified atom stereocenters. The Labute approximate surface area is 169 Å². The largest absolute Gasteiger partial charge is 0.468 e. The van der Waals surface area contributed by atoms with Crippen LogP contribution >= 0.6 is 0 Å². The molecule has 7 heteroatoms. The topological polar surface area (TPSA) is 82.3 Å². The van der Waals surface area contributed by atoms with Crippen molar-refractivity contribution in [3.8, 4) is 6.07 Å². The lowest BCUT2D eigenvalue weighted by molar-refractivity contribution is -0.141. The number of ether oxygens (including phenoxy) is 1. The minimum absolute atomic E-state index is 0.353. The van der Waals surface area contributed by atoms with E-state index in [2.05, 4.69) is 26.9 Å². The van der Waals surface area contributed by atoms with Gasteiger partial charge in [-0.3, -0.25) is 4.79 Å². The molecule has 0 radical (unpaired) electrons. The molecule has 1 saturated heterocycles. The molecule has 0 saturated carbocycles. The van der Waals surface area contributed by atoms with Crippen LogP contribution in [-0.2, 0) is 9.53 Å². The minimum Gasteiger partial charge on any atom is -0.468 e. The molecule has 1 aromatic heterocycles. The molecule has 1 aliphatic rings. The van der Waals surface area contributed by atoms with Gasteiger partial charge in [0, 0.05) is 31.9 Å². The van der Waals surface area contributed by atoms with E-state index < -0.39 is 11.9 Å². The van der Waals surface area contributed by atoms with Gasteiger partial charge in [-0.15, -0.1) is 0 Å². The standard InChI is InChI=1S/C22H21N5O2/c1-29-22(28)17(15-23)20-21(25-19-10-6-5-9-18(19)24-20)27-13-11-26(12-14-27)16-7-3-2-4-8-16/h2-10,17H,11-14H2,1H3/t17-/m0/s1. The van der Waals surface area contributed by atoms with Gasteiger partial charge < -0.3 is 14.5 Å². The summed E-state index contributed by atoms with van der Waals surface area (Å²) in [6.07, 6.45) is 0. The first-order chi connectivity index (χ1) is 14.2. The van der Waals surface area contributed by atoms with Gasteiger partial charge in [-0.1, -0.05) is 30.3 Å². The summed E-state index contributed by atoms with van der Waals surface area (Å²) in [5, 5.41) is 9.62. The zero-order valence-corrected chi connectivity index (χ0v) is 16.2. The van der Waals surface area contributed by atoms with E-state index in [1.165, 1.54) is 12.8 Å². The maximum atomic E-state index is 12.2. The number of benzene rings is 2. The van der Waals surface area contributed by atoms with E-state index in [9.17, 15) is 10.1 Å². The Kier molecular flexibility index (Phi) is 5.25. The van der Waals surface area contributed by atoms with Crippen LogP contribution in [0.3, 0.4) is 0 Å². The van der Waals surface area contributed by atoms with Crippen molar-refractivity contribution in [1.82, 2.24) is 9.97 Å². The third kappa shape index (κ3) is 3.69. The zero-order chi connectivity index (χ0) is 20.2. The Morgan fingerprint density at radius 1 is 0.966 bits per heavy atom. The van der Waals surface area contributed by atoms with E-state index in [1.807, 2.05) is 48.5 Å². The fourth-order valence-corrected chi connectivity index (χ4v) is 3.59. The summed E-state index contributed by atoms with van der Waals surface area (Å²) in [6, 6.07) is 19.8. The second-order valence-electron chi connectivity index (χ2n) is 6.82. The number of carbonyl (C=O) groups is 1. The van der Waals surface area contributed by atoms with Crippen molar-refractivity contribution < 1.29 is 9.53 Å². The average Bonchev–Trinajstić information content (AvgIpc) is 2.79. The number of anilines is 2. The van der Waals surface area contributed by atoms with Gasteiger partial charge in [0.25, 0.3) is 0 Å². The van der Waals surface area contributed by atoms with Gasteiger partial charge in [0.2, 0.25) is 0 Å². The van der Waals surface area contributed by atoms with Gasteiger partial charge in [0.1, 0.15) is 5.69 Å². The Balaban J connectivity index is 1.68. The van der Waals surface area contributed by atoms with Crippen LogP contribution in [0.15, 0.2) is 54.6 Å². The molecular weight excluding hydrogens is 366 g/mol. The number of aromatic nitrogens is 2. The Hall–Kier alpha value is -3.66. The molecule has 2 aromatic carbocycles. The van der Waals surface area contributed by atoms with E-state index in [-0.39, 0.29) is 0 Å². The van der Waals surface area contributed by atoms with Crippen LogP contribution in [0, 0.1) is 11.3 Å². The normalized spacial score (nSPS) is 15.0. The summed E-state index contributed by atoms with van der Waals surface area (Å²) in [7, 11) is 1.28. The number of hydrogen-bond donors (Lipinski definition) is 0. The van der Waals surface area contributed by atoms with Gasteiger partial charge in [0.15, 0.2) is 11.7 Å². The first kappa shape index (κ1) is 18.7. The van der Waals surface area contributed by atoms with Crippen LogP contribution in [0.4, 0.5) is 11.5 Å². The van der Waals surface area contributed by atoms with E-state index >= 15 is 0 Å². The first-order valence-corrected chi connectivity index (χ1v) is 9.50. The lowest BCUT2D eigenvalue weighted by Crippen LogP contribution is -2.47. The van der Waals surface area contributed by atoms with Crippen LogP contribution in [0.1, 0.15) is 11.6 Å². The lowest BCUT2D eigenvalue weighted by Gasteiger charge is -2.37. The molecule has 0 spiro atoms. The Morgan fingerprint density at radius 2 is 1.55 bits per heavy atom. The summed E-state index contributed by atoms with van der Waals surface area (Å²) in [4.78, 5) is 26.0. The maximum Gasteiger partial charge on any atom is 0.329 e. The van der Waals surface area contributed by atoms with Crippen LogP contribution < -0.4 is 9.80 Å².